The highest BCUT2D eigenvalue weighted by Gasteiger charge is 2.27. The number of carbonyl (C=O) groups excluding carboxylic acids is 1. The van der Waals surface area contributed by atoms with E-state index in [1.165, 1.54) is 19.7 Å². The van der Waals surface area contributed by atoms with Crippen LogP contribution in [0.2, 0.25) is 0 Å². The minimum Gasteiger partial charge on any atom is -0.481 e. The van der Waals surface area contributed by atoms with Gasteiger partial charge in [-0.25, -0.2) is 9.97 Å². The van der Waals surface area contributed by atoms with Crippen molar-refractivity contribution in [3.8, 4) is 5.88 Å². The number of carboxylic acids is 1. The molecule has 10 nitrogen and oxygen atoms in total. The van der Waals surface area contributed by atoms with E-state index in [1.54, 1.807) is 29.2 Å². The van der Waals surface area contributed by atoms with E-state index in [-0.39, 0.29) is 12.3 Å². The van der Waals surface area contributed by atoms with Crippen LogP contribution in [0.5, 0.6) is 5.88 Å². The summed E-state index contributed by atoms with van der Waals surface area (Å²) in [6.07, 6.45) is 5.75. The quantitative estimate of drug-likeness (QED) is 0.439. The number of aliphatic carboxylic acids is 1. The van der Waals surface area contributed by atoms with Gasteiger partial charge in [0, 0.05) is 56.6 Å². The van der Waals surface area contributed by atoms with E-state index in [2.05, 4.69) is 26.8 Å². The third-order valence-electron chi connectivity index (χ3n) is 5.89. The molecule has 0 fully saturated rings. The van der Waals surface area contributed by atoms with E-state index in [0.717, 1.165) is 30.9 Å². The molecule has 3 N–H and O–H groups in total. The highest BCUT2D eigenvalue weighted by Crippen LogP contribution is 2.30. The summed E-state index contributed by atoms with van der Waals surface area (Å²) in [6, 6.07) is 7.53. The van der Waals surface area contributed by atoms with Crippen molar-refractivity contribution < 1.29 is 19.4 Å². The Bertz CT molecular complexity index is 1170. The van der Waals surface area contributed by atoms with Gasteiger partial charge in [-0.05, 0) is 30.0 Å². The number of hydrogen-bond donors (Lipinski definition) is 3. The Labute approximate surface area is 197 Å². The molecule has 34 heavy (non-hydrogen) atoms. The third-order valence-corrected chi connectivity index (χ3v) is 5.89. The van der Waals surface area contributed by atoms with Crippen molar-refractivity contribution >= 4 is 17.7 Å². The Morgan fingerprint density at radius 1 is 1.29 bits per heavy atom. The number of aromatic nitrogens is 4. The molecule has 178 valence electrons. The third kappa shape index (κ3) is 5.16. The molecule has 4 rings (SSSR count). The van der Waals surface area contributed by atoms with Crippen LogP contribution >= 0.6 is 0 Å². The van der Waals surface area contributed by atoms with Crippen molar-refractivity contribution in [2.45, 2.75) is 38.1 Å². The van der Waals surface area contributed by atoms with Crippen molar-refractivity contribution in [1.29, 1.82) is 0 Å². The van der Waals surface area contributed by atoms with Crippen molar-refractivity contribution in [2.24, 2.45) is 0 Å². The number of ether oxygens (including phenoxy) is 1. The van der Waals surface area contributed by atoms with Crippen molar-refractivity contribution in [3.63, 3.8) is 0 Å². The number of fused-ring (bicyclic) bond motifs is 1. The molecule has 3 aromatic rings. The number of nitrogens with one attached hydrogen (secondary N) is 2. The number of pyridine rings is 2. The first-order chi connectivity index (χ1) is 16.5. The van der Waals surface area contributed by atoms with Crippen molar-refractivity contribution in [2.75, 3.05) is 26.0 Å². The number of nitrogens with zero attached hydrogens (tertiary/aromatic N) is 4. The lowest BCUT2D eigenvalue weighted by atomic mass is 9.91. The minimum atomic E-state index is -0.996. The summed E-state index contributed by atoms with van der Waals surface area (Å²) in [4.78, 5) is 33.2. The van der Waals surface area contributed by atoms with Gasteiger partial charge in [-0.15, -0.1) is 0 Å². The Morgan fingerprint density at radius 2 is 2.15 bits per heavy atom. The van der Waals surface area contributed by atoms with Gasteiger partial charge in [0.05, 0.1) is 24.8 Å². The van der Waals surface area contributed by atoms with Crippen LogP contribution in [0.3, 0.4) is 0 Å². The number of methoxy groups -OCH3 is 1. The van der Waals surface area contributed by atoms with E-state index >= 15 is 0 Å². The zero-order valence-corrected chi connectivity index (χ0v) is 19.2. The fraction of sp³-hybridized carbons (Fsp3) is 0.375. The largest absolute Gasteiger partial charge is 0.481 e. The zero-order chi connectivity index (χ0) is 24.1. The Balaban J connectivity index is 1.62. The maximum Gasteiger partial charge on any atom is 0.304 e. The highest BCUT2D eigenvalue weighted by molar-refractivity contribution is 5.95. The number of rotatable bonds is 9. The lowest BCUT2D eigenvalue weighted by Gasteiger charge is -2.17. The normalized spacial score (nSPS) is 13.5. The average Bonchev–Trinajstić information content (AvgIpc) is 3.29. The molecule has 0 bridgehead atoms. The van der Waals surface area contributed by atoms with Crippen LogP contribution in [0.25, 0.3) is 0 Å². The molecule has 1 atom stereocenters. The van der Waals surface area contributed by atoms with Crippen LogP contribution in [-0.4, -0.2) is 57.4 Å². The molecule has 0 spiro atoms. The molecule has 0 aliphatic carbocycles. The maximum atomic E-state index is 12.6. The number of carbonyl (C=O) groups is 2. The van der Waals surface area contributed by atoms with Gasteiger partial charge in [-0.1, -0.05) is 12.1 Å². The standard InChI is InChI=1S/C24H28N6O4/c1-25-24(33)19-14-30(11-9-17-7-5-15-4-3-10-26-23(15)28-17)29-22(19)18(12-21(31)32)16-6-8-20(34-2)27-13-16/h5-8,13-14,18H,3-4,9-12H2,1-2H3,(H,25,33)(H,26,28)(H,31,32)/t18-/m0/s1. The number of hydrogen-bond acceptors (Lipinski definition) is 7. The van der Waals surface area contributed by atoms with Gasteiger partial charge in [-0.3, -0.25) is 14.3 Å². The molecule has 4 heterocycles. The van der Waals surface area contributed by atoms with E-state index in [4.69, 9.17) is 9.72 Å². The smallest absolute Gasteiger partial charge is 0.304 e. The summed E-state index contributed by atoms with van der Waals surface area (Å²) in [5.41, 5.74) is 3.52. The van der Waals surface area contributed by atoms with Crippen LogP contribution in [0, 0.1) is 0 Å². The van der Waals surface area contributed by atoms with Crippen LogP contribution < -0.4 is 15.4 Å². The molecule has 0 radical (unpaired) electrons. The van der Waals surface area contributed by atoms with Crippen LogP contribution in [-0.2, 0) is 24.2 Å². The Hall–Kier alpha value is -3.95. The number of aryl methyl sites for hydroxylation is 3. The Kier molecular flexibility index (Phi) is 7.05. The van der Waals surface area contributed by atoms with Crippen LogP contribution in [0.15, 0.2) is 36.7 Å². The second kappa shape index (κ2) is 10.3. The summed E-state index contributed by atoms with van der Waals surface area (Å²) in [7, 11) is 3.05. The topological polar surface area (TPSA) is 131 Å². The fourth-order valence-electron chi connectivity index (χ4n) is 4.12. The van der Waals surface area contributed by atoms with E-state index in [1.807, 2.05) is 6.07 Å². The average molecular weight is 465 g/mol. The fourth-order valence-corrected chi connectivity index (χ4v) is 4.12. The van der Waals surface area contributed by atoms with E-state index < -0.39 is 11.9 Å². The van der Waals surface area contributed by atoms with Crippen molar-refractivity contribution in [3.05, 3.63) is 64.7 Å². The first-order valence-corrected chi connectivity index (χ1v) is 11.2. The lowest BCUT2D eigenvalue weighted by Crippen LogP contribution is -2.20. The van der Waals surface area contributed by atoms with Gasteiger partial charge in [-0.2, -0.15) is 5.10 Å². The van der Waals surface area contributed by atoms with Crippen LogP contribution in [0.4, 0.5) is 5.82 Å². The summed E-state index contributed by atoms with van der Waals surface area (Å²) in [5.74, 6) is -0.611. The van der Waals surface area contributed by atoms with Gasteiger partial charge in [0.1, 0.15) is 5.82 Å². The van der Waals surface area contributed by atoms with Crippen LogP contribution in [0.1, 0.15) is 51.6 Å². The number of carboxylic acid groups (broad SMARTS) is 1. The highest BCUT2D eigenvalue weighted by atomic mass is 16.5. The summed E-state index contributed by atoms with van der Waals surface area (Å²) in [6.45, 7) is 1.42. The molecule has 0 saturated carbocycles. The number of anilines is 1. The van der Waals surface area contributed by atoms with Crippen molar-refractivity contribution in [1.82, 2.24) is 25.1 Å². The lowest BCUT2D eigenvalue weighted by molar-refractivity contribution is -0.137. The molecular weight excluding hydrogens is 436 g/mol. The molecule has 1 aliphatic rings. The minimum absolute atomic E-state index is 0.229. The molecule has 10 heteroatoms. The predicted molar refractivity (Wildman–Crippen MR) is 125 cm³/mol. The molecule has 3 aromatic heterocycles. The molecule has 0 unspecified atom stereocenters. The van der Waals surface area contributed by atoms with Gasteiger partial charge in [0.25, 0.3) is 5.91 Å². The van der Waals surface area contributed by atoms with Gasteiger partial charge in [0.15, 0.2) is 0 Å². The maximum absolute atomic E-state index is 12.6. The molecule has 1 amide bonds. The summed E-state index contributed by atoms with van der Waals surface area (Å²) >= 11 is 0. The van der Waals surface area contributed by atoms with E-state index in [9.17, 15) is 14.7 Å². The number of amides is 1. The molecular formula is C24H28N6O4. The Morgan fingerprint density at radius 3 is 2.85 bits per heavy atom. The van der Waals surface area contributed by atoms with Gasteiger partial charge in [0.2, 0.25) is 5.88 Å². The second-order valence-corrected chi connectivity index (χ2v) is 8.15. The first kappa shape index (κ1) is 23.2. The van der Waals surface area contributed by atoms with E-state index in [0.29, 0.717) is 35.7 Å². The SMILES string of the molecule is CNC(=O)c1cn(CCc2ccc3c(n2)NCCC3)nc1[C@@H](CC(=O)O)c1ccc(OC)nc1. The monoisotopic (exact) mass is 464 g/mol. The summed E-state index contributed by atoms with van der Waals surface area (Å²) < 4.78 is 6.79. The summed E-state index contributed by atoms with van der Waals surface area (Å²) in [5, 5.41) is 20.2. The first-order valence-electron chi connectivity index (χ1n) is 11.2. The zero-order valence-electron chi connectivity index (χ0n) is 19.2. The van der Waals surface area contributed by atoms with Gasteiger partial charge >= 0.3 is 5.97 Å². The second-order valence-electron chi connectivity index (χ2n) is 8.15. The predicted octanol–water partition coefficient (Wildman–Crippen LogP) is 2.25. The molecule has 0 saturated heterocycles. The molecule has 0 aromatic carbocycles. The molecule has 1 aliphatic heterocycles. The van der Waals surface area contributed by atoms with Gasteiger partial charge < -0.3 is 20.5 Å².